The van der Waals surface area contributed by atoms with Crippen molar-refractivity contribution in [3.8, 4) is 22.3 Å². The smallest absolute Gasteiger partial charge is 0.185 e. The standard InChI is InChI=1S/C45H32O3/c46-42(35-17-4-1-5-18-35)30-27-33-15-10-12-24-39(33)41-26-14-23-38(29-32-44(48)37-21-8-3-9-22-37)45(41)40-25-13-11-16-34(40)28-31-43(47)36-19-6-2-7-20-36/h1-32H/b30-27+,31-28+,32-29+. The first kappa shape index (κ1) is 31.5. The van der Waals surface area contributed by atoms with Crippen LogP contribution in [0.5, 0.6) is 0 Å². The van der Waals surface area contributed by atoms with Gasteiger partial charge in [-0.05, 0) is 57.2 Å². The van der Waals surface area contributed by atoms with Crippen LogP contribution in [0.2, 0.25) is 0 Å². The third-order valence-electron chi connectivity index (χ3n) is 8.00. The summed E-state index contributed by atoms with van der Waals surface area (Å²) in [6, 6.07) is 49.4. The third kappa shape index (κ3) is 7.50. The fourth-order valence-electron chi connectivity index (χ4n) is 5.58. The molecule has 0 spiro atoms. The van der Waals surface area contributed by atoms with E-state index in [0.29, 0.717) is 16.7 Å². The van der Waals surface area contributed by atoms with Gasteiger partial charge in [-0.25, -0.2) is 0 Å². The van der Waals surface area contributed by atoms with Gasteiger partial charge in [0.1, 0.15) is 0 Å². The first-order valence-corrected chi connectivity index (χ1v) is 15.7. The van der Waals surface area contributed by atoms with Crippen LogP contribution in [0.4, 0.5) is 0 Å². The summed E-state index contributed by atoms with van der Waals surface area (Å²) in [7, 11) is 0. The lowest BCUT2D eigenvalue weighted by atomic mass is 9.86. The summed E-state index contributed by atoms with van der Waals surface area (Å²) in [4.78, 5) is 39.2. The van der Waals surface area contributed by atoms with Crippen LogP contribution in [-0.4, -0.2) is 17.3 Å². The highest BCUT2D eigenvalue weighted by atomic mass is 16.1. The number of carbonyl (C=O) groups is 3. The number of hydrogen-bond acceptors (Lipinski definition) is 3. The molecule has 0 aliphatic heterocycles. The summed E-state index contributed by atoms with van der Waals surface area (Å²) < 4.78 is 0. The normalized spacial score (nSPS) is 11.3. The average molecular weight is 621 g/mol. The summed E-state index contributed by atoms with van der Waals surface area (Å²) in [6.07, 6.45) is 10.3. The van der Waals surface area contributed by atoms with Crippen LogP contribution in [0.3, 0.4) is 0 Å². The van der Waals surface area contributed by atoms with Gasteiger partial charge in [-0.2, -0.15) is 0 Å². The summed E-state index contributed by atoms with van der Waals surface area (Å²) in [5.74, 6) is -0.275. The molecule has 0 unspecified atom stereocenters. The Morgan fingerprint density at radius 2 is 0.646 bits per heavy atom. The van der Waals surface area contributed by atoms with Crippen LogP contribution in [0, 0.1) is 0 Å². The van der Waals surface area contributed by atoms with Crippen molar-refractivity contribution >= 4 is 35.6 Å². The molecule has 0 saturated carbocycles. The van der Waals surface area contributed by atoms with Gasteiger partial charge in [0, 0.05) is 16.7 Å². The fourth-order valence-corrected chi connectivity index (χ4v) is 5.58. The number of carbonyl (C=O) groups excluding carboxylic acids is 3. The SMILES string of the molecule is O=C(/C=C/c1ccccc1-c1cccc(/C=C/C(=O)c2ccccc2)c1-c1ccccc1/C=C/C(=O)c1ccccc1)c1ccccc1. The Morgan fingerprint density at radius 3 is 1.12 bits per heavy atom. The van der Waals surface area contributed by atoms with Crippen LogP contribution in [0.25, 0.3) is 40.5 Å². The number of hydrogen-bond donors (Lipinski definition) is 0. The van der Waals surface area contributed by atoms with E-state index < -0.39 is 0 Å². The van der Waals surface area contributed by atoms with Crippen molar-refractivity contribution in [2.24, 2.45) is 0 Å². The van der Waals surface area contributed by atoms with Gasteiger partial charge in [-0.1, -0.05) is 176 Å². The quantitative estimate of drug-likeness (QED) is 0.107. The molecule has 230 valence electrons. The molecule has 6 aromatic carbocycles. The minimum Gasteiger partial charge on any atom is -0.289 e. The van der Waals surface area contributed by atoms with Crippen molar-refractivity contribution in [3.63, 3.8) is 0 Å². The van der Waals surface area contributed by atoms with Crippen LogP contribution in [-0.2, 0) is 0 Å². The Kier molecular flexibility index (Phi) is 10.00. The topological polar surface area (TPSA) is 51.2 Å². The number of rotatable bonds is 11. The molecule has 3 heteroatoms. The van der Waals surface area contributed by atoms with Crippen LogP contribution in [0.15, 0.2) is 176 Å². The van der Waals surface area contributed by atoms with Gasteiger partial charge in [0.15, 0.2) is 17.3 Å². The molecule has 0 fully saturated rings. The number of ketones is 3. The summed E-state index contributed by atoms with van der Waals surface area (Å²) in [6.45, 7) is 0. The van der Waals surface area contributed by atoms with E-state index in [1.54, 1.807) is 54.6 Å². The Labute approximate surface area is 280 Å². The maximum Gasteiger partial charge on any atom is 0.185 e. The Balaban J connectivity index is 1.48. The van der Waals surface area contributed by atoms with Crippen molar-refractivity contribution in [2.45, 2.75) is 0 Å². The van der Waals surface area contributed by atoms with E-state index in [0.717, 1.165) is 38.9 Å². The van der Waals surface area contributed by atoms with Gasteiger partial charge < -0.3 is 0 Å². The van der Waals surface area contributed by atoms with Crippen molar-refractivity contribution in [3.05, 3.63) is 209 Å². The third-order valence-corrected chi connectivity index (χ3v) is 8.00. The lowest BCUT2D eigenvalue weighted by Gasteiger charge is -2.17. The fraction of sp³-hybridized carbons (Fsp3) is 0. The minimum absolute atomic E-state index is 0.0831. The average Bonchev–Trinajstić information content (AvgIpc) is 3.16. The lowest BCUT2D eigenvalue weighted by Crippen LogP contribution is -1.97. The van der Waals surface area contributed by atoms with Gasteiger partial charge in [0.05, 0.1) is 0 Å². The molecule has 0 atom stereocenters. The Morgan fingerprint density at radius 1 is 0.312 bits per heavy atom. The Hall–Kier alpha value is -6.45. The Bertz CT molecular complexity index is 2160. The zero-order valence-corrected chi connectivity index (χ0v) is 26.2. The molecule has 0 heterocycles. The van der Waals surface area contributed by atoms with Crippen molar-refractivity contribution in [1.82, 2.24) is 0 Å². The molecular weight excluding hydrogens is 588 g/mol. The summed E-state index contributed by atoms with van der Waals surface area (Å²) in [5, 5.41) is 0. The van der Waals surface area contributed by atoms with Gasteiger partial charge in [-0.3, -0.25) is 14.4 Å². The monoisotopic (exact) mass is 620 g/mol. The molecule has 6 rings (SSSR count). The molecule has 0 aromatic heterocycles. The summed E-state index contributed by atoms with van der Waals surface area (Å²) >= 11 is 0. The lowest BCUT2D eigenvalue weighted by molar-refractivity contribution is 0.103. The maximum atomic E-state index is 13.1. The number of allylic oxidation sites excluding steroid dienone is 3. The summed E-state index contributed by atoms with van der Waals surface area (Å²) in [5.41, 5.74) is 8.04. The highest BCUT2D eigenvalue weighted by molar-refractivity contribution is 6.09. The van der Waals surface area contributed by atoms with Crippen LogP contribution < -0.4 is 0 Å². The van der Waals surface area contributed by atoms with Gasteiger partial charge in [0.2, 0.25) is 0 Å². The minimum atomic E-state index is -0.101. The molecule has 48 heavy (non-hydrogen) atoms. The van der Waals surface area contributed by atoms with Crippen molar-refractivity contribution < 1.29 is 14.4 Å². The second-order valence-corrected chi connectivity index (χ2v) is 11.1. The molecule has 0 bridgehead atoms. The predicted molar refractivity (Wildman–Crippen MR) is 197 cm³/mol. The zero-order valence-electron chi connectivity index (χ0n) is 26.2. The van der Waals surface area contributed by atoms with Crippen molar-refractivity contribution in [1.29, 1.82) is 0 Å². The number of benzene rings is 6. The largest absolute Gasteiger partial charge is 0.289 e. The van der Waals surface area contributed by atoms with E-state index in [1.807, 2.05) is 140 Å². The van der Waals surface area contributed by atoms with E-state index in [1.165, 1.54) is 0 Å². The molecule has 0 amide bonds. The van der Waals surface area contributed by atoms with E-state index in [2.05, 4.69) is 0 Å². The second-order valence-electron chi connectivity index (χ2n) is 11.1. The van der Waals surface area contributed by atoms with Crippen LogP contribution >= 0.6 is 0 Å². The van der Waals surface area contributed by atoms with Crippen molar-refractivity contribution in [2.75, 3.05) is 0 Å². The van der Waals surface area contributed by atoms with E-state index >= 15 is 0 Å². The first-order chi connectivity index (χ1) is 23.6. The molecule has 0 aliphatic rings. The highest BCUT2D eigenvalue weighted by Crippen LogP contribution is 2.39. The van der Waals surface area contributed by atoms with Gasteiger partial charge in [0.25, 0.3) is 0 Å². The zero-order chi connectivity index (χ0) is 33.1. The van der Waals surface area contributed by atoms with Gasteiger partial charge >= 0.3 is 0 Å². The first-order valence-electron chi connectivity index (χ1n) is 15.7. The van der Waals surface area contributed by atoms with E-state index in [-0.39, 0.29) is 17.3 Å². The van der Waals surface area contributed by atoms with Gasteiger partial charge in [-0.15, -0.1) is 0 Å². The molecule has 0 aliphatic carbocycles. The molecule has 6 aromatic rings. The van der Waals surface area contributed by atoms with Crippen LogP contribution in [0.1, 0.15) is 47.8 Å². The van der Waals surface area contributed by atoms with E-state index in [4.69, 9.17) is 0 Å². The highest BCUT2D eigenvalue weighted by Gasteiger charge is 2.16. The van der Waals surface area contributed by atoms with E-state index in [9.17, 15) is 14.4 Å². The molecule has 3 nitrogen and oxygen atoms in total. The predicted octanol–water partition coefficient (Wildman–Crippen LogP) is 10.7. The molecular formula is C45H32O3. The second kappa shape index (κ2) is 15.2. The molecule has 0 saturated heterocycles. The maximum absolute atomic E-state index is 13.1. The molecule has 0 N–H and O–H groups in total. The molecule has 0 radical (unpaired) electrons.